The maximum atomic E-state index is 13.2. The van der Waals surface area contributed by atoms with Crippen LogP contribution in [0.4, 0.5) is 11.4 Å². The number of aromatic nitrogens is 4. The molecule has 0 atom stereocenters. The standard InChI is InChI=1S/C25H27N7O3S.2H2/c1-15-19(7-16(8-27-15)29-22(33)12-31-13-25(2,3)14-31)30-23(34)18-9-28-32-11-21(36-24(18)32)17-5-6-26-10-20(17)35-4;;/h5-11H,12-14H2,1-4H3,(H,29,33)(H,30,34);2*1H. The summed E-state index contributed by atoms with van der Waals surface area (Å²) in [6.45, 7) is 8.29. The lowest BCUT2D eigenvalue weighted by atomic mass is 9.84. The van der Waals surface area contributed by atoms with E-state index in [2.05, 4.69) is 44.4 Å². The van der Waals surface area contributed by atoms with E-state index < -0.39 is 0 Å². The van der Waals surface area contributed by atoms with Crippen molar-refractivity contribution in [3.63, 3.8) is 0 Å². The van der Waals surface area contributed by atoms with Gasteiger partial charge in [0.15, 0.2) is 0 Å². The number of fused-ring (bicyclic) bond motifs is 1. The molecule has 1 aliphatic heterocycles. The van der Waals surface area contributed by atoms with Crippen LogP contribution < -0.4 is 15.4 Å². The Hall–Kier alpha value is -3.83. The van der Waals surface area contributed by atoms with Gasteiger partial charge in [-0.1, -0.05) is 13.8 Å². The minimum atomic E-state index is -0.309. The Morgan fingerprint density at radius 3 is 2.78 bits per heavy atom. The lowest BCUT2D eigenvalue weighted by molar-refractivity contribution is -0.120. The molecule has 0 unspecified atom stereocenters. The topological polar surface area (TPSA) is 114 Å². The van der Waals surface area contributed by atoms with Crippen LogP contribution in [0.3, 0.4) is 0 Å². The molecule has 4 aromatic rings. The number of amides is 2. The summed E-state index contributed by atoms with van der Waals surface area (Å²) in [5.41, 5.74) is 3.27. The second-order valence-electron chi connectivity index (χ2n) is 9.65. The zero-order valence-electron chi connectivity index (χ0n) is 20.5. The fourth-order valence-electron chi connectivity index (χ4n) is 4.41. The largest absolute Gasteiger partial charge is 0.494 e. The van der Waals surface area contributed by atoms with Crippen LogP contribution in [0.15, 0.2) is 43.1 Å². The van der Waals surface area contributed by atoms with Crippen molar-refractivity contribution >= 4 is 39.4 Å². The summed E-state index contributed by atoms with van der Waals surface area (Å²) >= 11 is 1.44. The molecule has 0 spiro atoms. The van der Waals surface area contributed by atoms with Gasteiger partial charge >= 0.3 is 0 Å². The molecule has 0 aromatic carbocycles. The van der Waals surface area contributed by atoms with Crippen LogP contribution in [0.5, 0.6) is 5.75 Å². The number of hydrogen-bond acceptors (Lipinski definition) is 8. The molecule has 0 bridgehead atoms. The number of pyridine rings is 2. The minimum absolute atomic E-state index is 0. The number of aryl methyl sites for hydroxylation is 1. The Kier molecular flexibility index (Phi) is 6.19. The molecule has 2 amide bonds. The Labute approximate surface area is 215 Å². The Bertz CT molecular complexity index is 1460. The third-order valence-corrected chi connectivity index (χ3v) is 7.15. The van der Waals surface area contributed by atoms with Crippen molar-refractivity contribution < 1.29 is 17.2 Å². The summed E-state index contributed by atoms with van der Waals surface area (Å²) in [7, 11) is 1.59. The molecule has 5 rings (SSSR count). The number of anilines is 2. The Balaban J connectivity index is 0.00000200. The molecular weight excluding hydrogens is 478 g/mol. The number of likely N-dealkylation sites (tertiary alicyclic amines) is 1. The number of carbonyl (C=O) groups excluding carboxylic acids is 2. The van der Waals surface area contributed by atoms with E-state index in [9.17, 15) is 9.59 Å². The number of ether oxygens (including phenoxy) is 1. The average molecular weight is 510 g/mol. The summed E-state index contributed by atoms with van der Waals surface area (Å²) in [5.74, 6) is 0.229. The number of nitrogens with zero attached hydrogens (tertiary/aromatic N) is 5. The maximum absolute atomic E-state index is 13.2. The average Bonchev–Trinajstić information content (AvgIpc) is 3.41. The van der Waals surface area contributed by atoms with Crippen LogP contribution in [0, 0.1) is 12.3 Å². The fourth-order valence-corrected chi connectivity index (χ4v) is 5.50. The summed E-state index contributed by atoms with van der Waals surface area (Å²) < 4.78 is 7.09. The molecule has 0 aliphatic carbocycles. The zero-order chi connectivity index (χ0) is 25.4. The van der Waals surface area contributed by atoms with E-state index in [1.165, 1.54) is 17.5 Å². The van der Waals surface area contributed by atoms with E-state index in [-0.39, 0.29) is 20.1 Å². The highest BCUT2D eigenvalue weighted by atomic mass is 32.1. The molecule has 1 fully saturated rings. The van der Waals surface area contributed by atoms with E-state index >= 15 is 0 Å². The SMILES string of the molecule is COc1cnccc1-c1cn2ncc(C(=O)Nc3cc(NC(=O)CN4CC(C)(C)C4)cnc3C)c2s1.[HH].[HH]. The van der Waals surface area contributed by atoms with E-state index in [0.717, 1.165) is 23.5 Å². The number of rotatable bonds is 7. The number of thiazole rings is 1. The third kappa shape index (κ3) is 4.79. The van der Waals surface area contributed by atoms with Gasteiger partial charge in [-0.25, -0.2) is 4.52 Å². The number of carbonyl (C=O) groups is 2. The molecule has 0 saturated carbocycles. The van der Waals surface area contributed by atoms with Crippen molar-refractivity contribution in [2.45, 2.75) is 20.8 Å². The lowest BCUT2D eigenvalue weighted by Crippen LogP contribution is -2.54. The van der Waals surface area contributed by atoms with Crippen molar-refractivity contribution in [1.29, 1.82) is 0 Å². The van der Waals surface area contributed by atoms with Crippen LogP contribution in [0.1, 0.15) is 32.8 Å². The van der Waals surface area contributed by atoms with E-state index in [4.69, 9.17) is 4.74 Å². The second kappa shape index (κ2) is 9.32. The van der Waals surface area contributed by atoms with Gasteiger partial charge in [0, 0.05) is 33.9 Å². The van der Waals surface area contributed by atoms with E-state index in [1.54, 1.807) is 43.2 Å². The van der Waals surface area contributed by atoms with Crippen LogP contribution in [0.25, 0.3) is 15.3 Å². The van der Waals surface area contributed by atoms with Crippen LogP contribution in [-0.2, 0) is 4.79 Å². The number of hydrogen-bond donors (Lipinski definition) is 2. The van der Waals surface area contributed by atoms with Crippen molar-refractivity contribution in [2.75, 3.05) is 37.4 Å². The molecule has 2 N–H and O–H groups in total. The van der Waals surface area contributed by atoms with Crippen molar-refractivity contribution in [1.82, 2.24) is 24.5 Å². The minimum Gasteiger partial charge on any atom is -0.494 e. The summed E-state index contributed by atoms with van der Waals surface area (Å²) in [6.07, 6.45) is 8.33. The predicted octanol–water partition coefficient (Wildman–Crippen LogP) is 4.19. The van der Waals surface area contributed by atoms with Gasteiger partial charge in [0.1, 0.15) is 10.6 Å². The first-order valence-electron chi connectivity index (χ1n) is 11.5. The van der Waals surface area contributed by atoms with Crippen LogP contribution in [-0.4, -0.2) is 63.0 Å². The quantitative estimate of drug-likeness (QED) is 0.384. The first-order valence-corrected chi connectivity index (χ1v) is 12.3. The molecule has 36 heavy (non-hydrogen) atoms. The summed E-state index contributed by atoms with van der Waals surface area (Å²) in [5, 5.41) is 10.1. The van der Waals surface area contributed by atoms with Crippen molar-refractivity contribution in [3.05, 3.63) is 54.4 Å². The molecule has 0 radical (unpaired) electrons. The highest BCUT2D eigenvalue weighted by Gasteiger charge is 2.34. The van der Waals surface area contributed by atoms with Gasteiger partial charge in [-0.05, 0) is 24.5 Å². The van der Waals surface area contributed by atoms with Gasteiger partial charge in [-0.3, -0.25) is 24.5 Å². The highest BCUT2D eigenvalue weighted by Crippen LogP contribution is 2.35. The predicted molar refractivity (Wildman–Crippen MR) is 143 cm³/mol. The number of nitrogens with one attached hydrogen (secondary N) is 2. The lowest BCUT2D eigenvalue weighted by Gasteiger charge is -2.45. The molecule has 10 nitrogen and oxygen atoms in total. The molecular formula is C25H31N7O3S. The smallest absolute Gasteiger partial charge is 0.260 e. The van der Waals surface area contributed by atoms with E-state index in [1.807, 2.05) is 12.3 Å². The van der Waals surface area contributed by atoms with Gasteiger partial charge < -0.3 is 15.4 Å². The second-order valence-corrected chi connectivity index (χ2v) is 10.7. The third-order valence-electron chi connectivity index (χ3n) is 6.00. The van der Waals surface area contributed by atoms with Crippen molar-refractivity contribution in [3.8, 4) is 16.2 Å². The normalized spacial score (nSPS) is 14.9. The van der Waals surface area contributed by atoms with Crippen molar-refractivity contribution in [2.24, 2.45) is 5.41 Å². The molecule has 11 heteroatoms. The first-order chi connectivity index (χ1) is 17.2. The van der Waals surface area contributed by atoms with E-state index in [0.29, 0.717) is 39.8 Å². The number of methoxy groups -OCH3 is 1. The molecule has 5 heterocycles. The van der Waals surface area contributed by atoms with Gasteiger partial charge in [0.2, 0.25) is 5.91 Å². The monoisotopic (exact) mass is 509 g/mol. The zero-order valence-corrected chi connectivity index (χ0v) is 21.3. The fraction of sp³-hybridized carbons (Fsp3) is 0.320. The summed E-state index contributed by atoms with van der Waals surface area (Å²) in [6, 6.07) is 3.59. The van der Waals surface area contributed by atoms with Crippen LogP contribution in [0.2, 0.25) is 0 Å². The van der Waals surface area contributed by atoms with Crippen LogP contribution >= 0.6 is 11.3 Å². The van der Waals surface area contributed by atoms with Gasteiger partial charge in [0.05, 0.1) is 59.8 Å². The maximum Gasteiger partial charge on any atom is 0.260 e. The Morgan fingerprint density at radius 1 is 1.22 bits per heavy atom. The molecule has 1 saturated heterocycles. The van der Waals surface area contributed by atoms with Gasteiger partial charge in [-0.15, -0.1) is 11.3 Å². The summed E-state index contributed by atoms with van der Waals surface area (Å²) in [4.78, 5) is 37.8. The molecule has 1 aliphatic rings. The van der Waals surface area contributed by atoms with Gasteiger partial charge in [0.25, 0.3) is 5.91 Å². The first kappa shape index (κ1) is 23.9. The molecule has 190 valence electrons. The highest BCUT2D eigenvalue weighted by molar-refractivity contribution is 7.21. The van der Waals surface area contributed by atoms with Gasteiger partial charge in [-0.2, -0.15) is 5.10 Å². The molecule has 4 aromatic heterocycles. The Morgan fingerprint density at radius 2 is 2.03 bits per heavy atom.